The zero-order valence-corrected chi connectivity index (χ0v) is 13.0. The molecule has 1 aliphatic carbocycles. The first-order valence-electron chi connectivity index (χ1n) is 8.27. The Kier molecular flexibility index (Phi) is 6.51. The minimum absolute atomic E-state index is 0.0136. The minimum atomic E-state index is -0.0136. The standard InChI is InChI=1S/C17H27N3O/c1-2-11-18-16-9-8-15(13-20-16)17(21)19-12-10-14-6-4-3-5-7-14/h8-9,13-14H,2-7,10-12H2,1H3,(H,18,20)(H,19,21). The van der Waals surface area contributed by atoms with Crippen molar-refractivity contribution in [2.24, 2.45) is 5.92 Å². The number of aromatic nitrogens is 1. The van der Waals surface area contributed by atoms with Crippen LogP contribution in [0.15, 0.2) is 18.3 Å². The number of pyridine rings is 1. The normalized spacial score (nSPS) is 15.7. The fraction of sp³-hybridized carbons (Fsp3) is 0.647. The highest BCUT2D eigenvalue weighted by molar-refractivity contribution is 5.94. The Hall–Kier alpha value is -1.58. The smallest absolute Gasteiger partial charge is 0.252 e. The predicted molar refractivity (Wildman–Crippen MR) is 86.5 cm³/mol. The largest absolute Gasteiger partial charge is 0.370 e. The van der Waals surface area contributed by atoms with E-state index in [1.54, 1.807) is 6.20 Å². The summed E-state index contributed by atoms with van der Waals surface area (Å²) in [5, 5.41) is 6.21. The van der Waals surface area contributed by atoms with Crippen LogP contribution >= 0.6 is 0 Å². The maximum absolute atomic E-state index is 12.0. The summed E-state index contributed by atoms with van der Waals surface area (Å²) in [7, 11) is 0. The Labute approximate surface area is 127 Å². The van der Waals surface area contributed by atoms with Gasteiger partial charge in [0.1, 0.15) is 5.82 Å². The molecule has 116 valence electrons. The Morgan fingerprint density at radius 3 is 2.71 bits per heavy atom. The van der Waals surface area contributed by atoms with Crippen LogP contribution < -0.4 is 10.6 Å². The fourth-order valence-electron chi connectivity index (χ4n) is 2.85. The van der Waals surface area contributed by atoms with Gasteiger partial charge in [0.05, 0.1) is 5.56 Å². The zero-order chi connectivity index (χ0) is 14.9. The van der Waals surface area contributed by atoms with Crippen molar-refractivity contribution in [2.75, 3.05) is 18.4 Å². The Bertz CT molecular complexity index is 424. The fourth-order valence-corrected chi connectivity index (χ4v) is 2.85. The second-order valence-corrected chi connectivity index (χ2v) is 5.91. The van der Waals surface area contributed by atoms with Crippen LogP contribution in [0.3, 0.4) is 0 Å². The number of hydrogen-bond acceptors (Lipinski definition) is 3. The first-order chi connectivity index (χ1) is 10.3. The number of amides is 1. The van der Waals surface area contributed by atoms with Crippen LogP contribution in [0.5, 0.6) is 0 Å². The molecule has 0 bridgehead atoms. The van der Waals surface area contributed by atoms with Crippen LogP contribution in [-0.4, -0.2) is 24.0 Å². The highest BCUT2D eigenvalue weighted by Gasteiger charge is 2.13. The van der Waals surface area contributed by atoms with Gasteiger partial charge in [-0.25, -0.2) is 4.98 Å². The molecule has 4 heteroatoms. The van der Waals surface area contributed by atoms with Crippen LogP contribution in [0.4, 0.5) is 5.82 Å². The van der Waals surface area contributed by atoms with E-state index in [0.29, 0.717) is 5.56 Å². The quantitative estimate of drug-likeness (QED) is 0.806. The molecule has 1 fully saturated rings. The van der Waals surface area contributed by atoms with Gasteiger partial charge >= 0.3 is 0 Å². The molecular formula is C17H27N3O. The van der Waals surface area contributed by atoms with Crippen LogP contribution in [0.1, 0.15) is 62.2 Å². The number of carbonyl (C=O) groups is 1. The number of carbonyl (C=O) groups excluding carboxylic acids is 1. The van der Waals surface area contributed by atoms with Crippen LogP contribution in [-0.2, 0) is 0 Å². The van der Waals surface area contributed by atoms with Crippen LogP contribution in [0, 0.1) is 5.92 Å². The van der Waals surface area contributed by atoms with Gasteiger partial charge in [0.2, 0.25) is 0 Å². The van der Waals surface area contributed by atoms with Gasteiger partial charge in [-0.2, -0.15) is 0 Å². The maximum Gasteiger partial charge on any atom is 0.252 e. The van der Waals surface area contributed by atoms with Gasteiger partial charge in [-0.1, -0.05) is 39.0 Å². The molecule has 0 saturated heterocycles. The second kappa shape index (κ2) is 8.65. The van der Waals surface area contributed by atoms with E-state index in [4.69, 9.17) is 0 Å². The van der Waals surface area contributed by atoms with E-state index in [0.717, 1.165) is 37.7 Å². The molecule has 1 aromatic rings. The molecule has 0 unspecified atom stereocenters. The third-order valence-electron chi connectivity index (χ3n) is 4.14. The lowest BCUT2D eigenvalue weighted by Crippen LogP contribution is -2.26. The lowest BCUT2D eigenvalue weighted by Gasteiger charge is -2.21. The zero-order valence-electron chi connectivity index (χ0n) is 13.0. The average Bonchev–Trinajstić information content (AvgIpc) is 2.54. The summed E-state index contributed by atoms with van der Waals surface area (Å²) < 4.78 is 0. The molecule has 0 atom stereocenters. The van der Waals surface area contributed by atoms with E-state index in [1.807, 2.05) is 12.1 Å². The SMILES string of the molecule is CCCNc1ccc(C(=O)NCCC2CCCCC2)cn1. The maximum atomic E-state index is 12.0. The van der Waals surface area contributed by atoms with E-state index < -0.39 is 0 Å². The first-order valence-corrected chi connectivity index (χ1v) is 8.27. The summed E-state index contributed by atoms with van der Waals surface area (Å²) >= 11 is 0. The summed E-state index contributed by atoms with van der Waals surface area (Å²) in [6.45, 7) is 3.79. The summed E-state index contributed by atoms with van der Waals surface area (Å²) in [6.07, 6.45) is 10.6. The number of anilines is 1. The predicted octanol–water partition coefficient (Wildman–Crippen LogP) is 3.60. The molecular weight excluding hydrogens is 262 g/mol. The van der Waals surface area contributed by atoms with Gasteiger partial charge in [-0.05, 0) is 30.9 Å². The molecule has 2 rings (SSSR count). The van der Waals surface area contributed by atoms with Crippen LogP contribution in [0.2, 0.25) is 0 Å². The molecule has 21 heavy (non-hydrogen) atoms. The summed E-state index contributed by atoms with van der Waals surface area (Å²) in [5.74, 6) is 1.62. The molecule has 1 aromatic heterocycles. The number of nitrogens with one attached hydrogen (secondary N) is 2. The van der Waals surface area contributed by atoms with Gasteiger partial charge in [-0.15, -0.1) is 0 Å². The van der Waals surface area contributed by atoms with E-state index in [1.165, 1.54) is 32.1 Å². The average molecular weight is 289 g/mol. The lowest BCUT2D eigenvalue weighted by molar-refractivity contribution is 0.0950. The molecule has 1 saturated carbocycles. The molecule has 1 aliphatic rings. The summed E-state index contributed by atoms with van der Waals surface area (Å²) in [6, 6.07) is 3.70. The summed E-state index contributed by atoms with van der Waals surface area (Å²) in [4.78, 5) is 16.3. The Morgan fingerprint density at radius 1 is 1.24 bits per heavy atom. The van der Waals surface area contributed by atoms with Gasteiger partial charge < -0.3 is 10.6 Å². The number of hydrogen-bond donors (Lipinski definition) is 2. The minimum Gasteiger partial charge on any atom is -0.370 e. The van der Waals surface area contributed by atoms with Crippen molar-refractivity contribution < 1.29 is 4.79 Å². The molecule has 0 spiro atoms. The molecule has 0 aliphatic heterocycles. The summed E-state index contributed by atoms with van der Waals surface area (Å²) in [5.41, 5.74) is 0.640. The lowest BCUT2D eigenvalue weighted by atomic mass is 9.87. The van der Waals surface area contributed by atoms with Crippen molar-refractivity contribution in [3.05, 3.63) is 23.9 Å². The van der Waals surface area contributed by atoms with Gasteiger partial charge in [0.25, 0.3) is 5.91 Å². The molecule has 0 radical (unpaired) electrons. The molecule has 4 nitrogen and oxygen atoms in total. The molecule has 1 amide bonds. The topological polar surface area (TPSA) is 54.0 Å². The number of rotatable bonds is 7. The molecule has 2 N–H and O–H groups in total. The monoisotopic (exact) mass is 289 g/mol. The highest BCUT2D eigenvalue weighted by atomic mass is 16.1. The van der Waals surface area contributed by atoms with E-state index in [2.05, 4.69) is 22.5 Å². The molecule has 0 aromatic carbocycles. The van der Waals surface area contributed by atoms with E-state index in [9.17, 15) is 4.79 Å². The van der Waals surface area contributed by atoms with Crippen molar-refractivity contribution in [3.8, 4) is 0 Å². The van der Waals surface area contributed by atoms with Crippen molar-refractivity contribution >= 4 is 11.7 Å². The van der Waals surface area contributed by atoms with Crippen molar-refractivity contribution in [3.63, 3.8) is 0 Å². The van der Waals surface area contributed by atoms with Gasteiger partial charge in [0.15, 0.2) is 0 Å². The van der Waals surface area contributed by atoms with Crippen molar-refractivity contribution in [2.45, 2.75) is 51.9 Å². The highest BCUT2D eigenvalue weighted by Crippen LogP contribution is 2.25. The van der Waals surface area contributed by atoms with Crippen LogP contribution in [0.25, 0.3) is 0 Å². The van der Waals surface area contributed by atoms with Crippen molar-refractivity contribution in [1.82, 2.24) is 10.3 Å². The van der Waals surface area contributed by atoms with Gasteiger partial charge in [0, 0.05) is 19.3 Å². The van der Waals surface area contributed by atoms with Crippen molar-refractivity contribution in [1.29, 1.82) is 0 Å². The van der Waals surface area contributed by atoms with E-state index in [-0.39, 0.29) is 5.91 Å². The first kappa shape index (κ1) is 15.8. The Morgan fingerprint density at radius 2 is 2.05 bits per heavy atom. The second-order valence-electron chi connectivity index (χ2n) is 5.91. The van der Waals surface area contributed by atoms with Gasteiger partial charge in [-0.3, -0.25) is 4.79 Å². The third kappa shape index (κ3) is 5.37. The third-order valence-corrected chi connectivity index (χ3v) is 4.14. The number of nitrogens with zero attached hydrogens (tertiary/aromatic N) is 1. The molecule has 1 heterocycles. The Balaban J connectivity index is 1.72. The van der Waals surface area contributed by atoms with E-state index >= 15 is 0 Å².